The van der Waals surface area contributed by atoms with Crippen molar-refractivity contribution < 1.29 is 14.3 Å². The summed E-state index contributed by atoms with van der Waals surface area (Å²) < 4.78 is 11.2. The van der Waals surface area contributed by atoms with Crippen molar-refractivity contribution in [3.8, 4) is 5.75 Å². The summed E-state index contributed by atoms with van der Waals surface area (Å²) in [6.45, 7) is 5.02. The molecule has 1 saturated heterocycles. The van der Waals surface area contributed by atoms with E-state index < -0.39 is 0 Å². The Kier molecular flexibility index (Phi) is 4.00. The molecule has 26 heavy (non-hydrogen) atoms. The van der Waals surface area contributed by atoms with E-state index in [9.17, 15) is 4.79 Å². The lowest BCUT2D eigenvalue weighted by Crippen LogP contribution is -2.32. The first-order valence-electron chi connectivity index (χ1n) is 9.06. The van der Waals surface area contributed by atoms with Crippen LogP contribution >= 0.6 is 0 Å². The Bertz CT molecular complexity index is 836. The molecule has 0 aromatic heterocycles. The third-order valence-corrected chi connectivity index (χ3v) is 6.13. The van der Waals surface area contributed by atoms with Crippen LogP contribution in [0.15, 0.2) is 66.7 Å². The molecule has 1 aliphatic carbocycles. The second kappa shape index (κ2) is 6.10. The average molecular weight is 348 g/mol. The van der Waals surface area contributed by atoms with Crippen LogP contribution in [-0.4, -0.2) is 25.1 Å². The van der Waals surface area contributed by atoms with Gasteiger partial charge in [0.25, 0.3) is 0 Å². The zero-order valence-electron chi connectivity index (χ0n) is 15.4. The summed E-state index contributed by atoms with van der Waals surface area (Å²) in [5.41, 5.74) is 1.60. The maximum absolute atomic E-state index is 12.6. The lowest BCUT2D eigenvalue weighted by Gasteiger charge is -2.30. The van der Waals surface area contributed by atoms with Gasteiger partial charge in [0, 0.05) is 22.8 Å². The van der Waals surface area contributed by atoms with Crippen LogP contribution in [0.2, 0.25) is 0 Å². The third-order valence-electron chi connectivity index (χ3n) is 6.13. The van der Waals surface area contributed by atoms with Crippen LogP contribution in [0.3, 0.4) is 0 Å². The topological polar surface area (TPSA) is 35.5 Å². The van der Waals surface area contributed by atoms with Gasteiger partial charge in [0.05, 0.1) is 19.3 Å². The molecular weight excluding hydrogens is 324 g/mol. The minimum atomic E-state index is -0.283. The van der Waals surface area contributed by atoms with Crippen LogP contribution in [0.5, 0.6) is 5.75 Å². The first-order valence-corrected chi connectivity index (χ1v) is 9.06. The van der Waals surface area contributed by atoms with Gasteiger partial charge in [0.1, 0.15) is 5.75 Å². The Morgan fingerprint density at radius 3 is 2.46 bits per heavy atom. The predicted octanol–water partition coefficient (Wildman–Crippen LogP) is 4.64. The number of carbonyl (C=O) groups excluding carboxylic acids is 1. The number of rotatable bonds is 5. The molecule has 1 saturated carbocycles. The number of benzene rings is 2. The summed E-state index contributed by atoms with van der Waals surface area (Å²) in [5, 5.41) is 0. The fourth-order valence-electron chi connectivity index (χ4n) is 4.62. The second-order valence-electron chi connectivity index (χ2n) is 7.68. The highest BCUT2D eigenvalue weighted by molar-refractivity contribution is 6.04. The number of methoxy groups -OCH3 is 1. The fraction of sp³-hybridized carbons (Fsp3) is 0.348. The van der Waals surface area contributed by atoms with Crippen molar-refractivity contribution in [3.63, 3.8) is 0 Å². The summed E-state index contributed by atoms with van der Waals surface area (Å²) in [6.07, 6.45) is 3.84. The van der Waals surface area contributed by atoms with Gasteiger partial charge in [0.2, 0.25) is 0 Å². The van der Waals surface area contributed by atoms with Crippen LogP contribution in [-0.2, 0) is 4.74 Å². The van der Waals surface area contributed by atoms with E-state index in [0.29, 0.717) is 17.4 Å². The van der Waals surface area contributed by atoms with Crippen LogP contribution < -0.4 is 4.74 Å². The number of ether oxygens (including phenoxy) is 2. The third kappa shape index (κ3) is 2.50. The van der Waals surface area contributed by atoms with Crippen molar-refractivity contribution in [2.75, 3.05) is 13.7 Å². The smallest absolute Gasteiger partial charge is 0.185 e. The molecule has 0 unspecified atom stereocenters. The largest absolute Gasteiger partial charge is 0.497 e. The molecule has 2 aromatic carbocycles. The van der Waals surface area contributed by atoms with Crippen LogP contribution in [0, 0.1) is 11.3 Å². The molecule has 3 atom stereocenters. The Morgan fingerprint density at radius 1 is 1.12 bits per heavy atom. The number of carbonyl (C=O) groups is 1. The molecule has 3 nitrogen and oxygen atoms in total. The summed E-state index contributed by atoms with van der Waals surface area (Å²) in [7, 11) is 1.62. The number of hydrogen-bond acceptors (Lipinski definition) is 3. The molecule has 0 spiro atoms. The van der Waals surface area contributed by atoms with Gasteiger partial charge >= 0.3 is 0 Å². The van der Waals surface area contributed by atoms with Gasteiger partial charge in [-0.1, -0.05) is 36.4 Å². The molecule has 134 valence electrons. The van der Waals surface area contributed by atoms with E-state index in [4.69, 9.17) is 9.47 Å². The van der Waals surface area contributed by atoms with E-state index in [-0.39, 0.29) is 16.8 Å². The lowest BCUT2D eigenvalue weighted by molar-refractivity contribution is -0.0155. The Hall–Kier alpha value is -2.39. The molecule has 0 amide bonds. The molecule has 4 rings (SSSR count). The van der Waals surface area contributed by atoms with E-state index in [1.165, 1.54) is 5.56 Å². The monoisotopic (exact) mass is 348 g/mol. The lowest BCUT2D eigenvalue weighted by atomic mass is 9.82. The molecule has 0 N–H and O–H groups in total. The maximum Gasteiger partial charge on any atom is 0.185 e. The zero-order valence-corrected chi connectivity index (χ0v) is 15.4. The van der Waals surface area contributed by atoms with Crippen molar-refractivity contribution in [1.29, 1.82) is 0 Å². The SMILES string of the molecule is COc1ccc(C(=O)/C=C/[C@]23[C@H](COC2(C)C)[C@H]3c2ccccc2)cc1. The molecule has 2 aliphatic rings. The maximum atomic E-state index is 12.6. The van der Waals surface area contributed by atoms with E-state index >= 15 is 0 Å². The highest BCUT2D eigenvalue weighted by Crippen LogP contribution is 2.75. The quantitative estimate of drug-likeness (QED) is 0.583. The number of allylic oxidation sites excluding steroid dienone is 1. The van der Waals surface area contributed by atoms with Gasteiger partial charge in [-0.3, -0.25) is 4.79 Å². The molecule has 1 heterocycles. The van der Waals surface area contributed by atoms with Gasteiger partial charge in [-0.15, -0.1) is 0 Å². The number of fused-ring (bicyclic) bond motifs is 1. The van der Waals surface area contributed by atoms with E-state index in [2.05, 4.69) is 44.2 Å². The fourth-order valence-corrected chi connectivity index (χ4v) is 4.62. The highest BCUT2D eigenvalue weighted by atomic mass is 16.5. The minimum absolute atomic E-state index is 0.0159. The van der Waals surface area contributed by atoms with Gasteiger partial charge in [-0.2, -0.15) is 0 Å². The summed E-state index contributed by atoms with van der Waals surface area (Å²) in [6, 6.07) is 17.8. The van der Waals surface area contributed by atoms with Crippen molar-refractivity contribution in [3.05, 3.63) is 77.9 Å². The average Bonchev–Trinajstić information content (AvgIpc) is 3.27. The molecule has 0 bridgehead atoms. The molecule has 2 fully saturated rings. The molecule has 2 aromatic rings. The summed E-state index contributed by atoms with van der Waals surface area (Å²) in [5.74, 6) is 1.61. The van der Waals surface area contributed by atoms with Crippen LogP contribution in [0.4, 0.5) is 0 Å². The minimum Gasteiger partial charge on any atom is -0.497 e. The Balaban J connectivity index is 1.61. The molecule has 0 radical (unpaired) electrons. The molecular formula is C23H24O3. The van der Waals surface area contributed by atoms with Crippen molar-refractivity contribution >= 4 is 5.78 Å². The molecule has 3 heteroatoms. The van der Waals surface area contributed by atoms with E-state index in [1.54, 1.807) is 25.3 Å². The number of ketones is 1. The van der Waals surface area contributed by atoms with Gasteiger partial charge < -0.3 is 9.47 Å². The second-order valence-corrected chi connectivity index (χ2v) is 7.68. The van der Waals surface area contributed by atoms with Crippen LogP contribution in [0.25, 0.3) is 0 Å². The first-order chi connectivity index (χ1) is 12.5. The van der Waals surface area contributed by atoms with Crippen molar-refractivity contribution in [2.24, 2.45) is 11.3 Å². The Labute approximate surface area is 154 Å². The zero-order chi connectivity index (χ0) is 18.4. The first kappa shape index (κ1) is 17.0. The predicted molar refractivity (Wildman–Crippen MR) is 102 cm³/mol. The normalized spacial score (nSPS) is 28.7. The standard InChI is InChI=1S/C23H24O3/c1-22(2)23(14-13-20(24)16-9-11-18(25-3)12-10-16)19(15-26-22)21(23)17-7-5-4-6-8-17/h4-14,19,21H,15H2,1-3H3/b14-13+/t19-,21-,23-/m1/s1. The Morgan fingerprint density at radius 2 is 1.81 bits per heavy atom. The molecule has 1 aliphatic heterocycles. The van der Waals surface area contributed by atoms with Gasteiger partial charge in [-0.25, -0.2) is 0 Å². The summed E-state index contributed by atoms with van der Waals surface area (Å²) >= 11 is 0. The number of hydrogen-bond donors (Lipinski definition) is 0. The van der Waals surface area contributed by atoms with E-state index in [0.717, 1.165) is 12.4 Å². The summed E-state index contributed by atoms with van der Waals surface area (Å²) in [4.78, 5) is 12.6. The van der Waals surface area contributed by atoms with Gasteiger partial charge in [-0.05, 0) is 49.8 Å². The van der Waals surface area contributed by atoms with Crippen molar-refractivity contribution in [1.82, 2.24) is 0 Å². The van der Waals surface area contributed by atoms with E-state index in [1.807, 2.05) is 18.2 Å². The van der Waals surface area contributed by atoms with Gasteiger partial charge in [0.15, 0.2) is 5.78 Å². The van der Waals surface area contributed by atoms with Crippen molar-refractivity contribution in [2.45, 2.75) is 25.4 Å². The van der Waals surface area contributed by atoms with Crippen LogP contribution in [0.1, 0.15) is 35.7 Å². The highest BCUT2D eigenvalue weighted by Gasteiger charge is 2.74.